The minimum atomic E-state index is -0.138. The topological polar surface area (TPSA) is 57.2 Å². The molecule has 0 aliphatic carbocycles. The van der Waals surface area contributed by atoms with E-state index in [-0.39, 0.29) is 11.8 Å². The third-order valence-corrected chi connectivity index (χ3v) is 6.38. The summed E-state index contributed by atoms with van der Waals surface area (Å²) in [6.07, 6.45) is 5.66. The number of hydrogen-bond acceptors (Lipinski definition) is 5. The molecule has 0 saturated carbocycles. The lowest BCUT2D eigenvalue weighted by atomic mass is 9.88. The molecule has 2 aromatic rings. The van der Waals surface area contributed by atoms with Crippen molar-refractivity contribution in [2.24, 2.45) is 11.0 Å². The van der Waals surface area contributed by atoms with Crippen LogP contribution in [0.1, 0.15) is 18.1 Å². The number of amides is 1. The molecule has 1 amide bonds. The fraction of sp³-hybridized carbons (Fsp3) is 0.308. The summed E-state index contributed by atoms with van der Waals surface area (Å²) in [6.45, 7) is 7.45. The van der Waals surface area contributed by atoms with E-state index < -0.39 is 0 Å². The first kappa shape index (κ1) is 20.5. The van der Waals surface area contributed by atoms with Gasteiger partial charge in [-0.05, 0) is 35.9 Å². The van der Waals surface area contributed by atoms with Crippen LogP contribution in [-0.2, 0) is 11.3 Å². The Morgan fingerprint density at radius 3 is 2.72 bits per heavy atom. The molecule has 0 radical (unpaired) electrons. The highest BCUT2D eigenvalue weighted by molar-refractivity contribution is 6.13. The molecule has 1 fully saturated rings. The van der Waals surface area contributed by atoms with Crippen LogP contribution in [0.15, 0.2) is 77.4 Å². The van der Waals surface area contributed by atoms with Gasteiger partial charge in [0.2, 0.25) is 0 Å². The fourth-order valence-corrected chi connectivity index (χ4v) is 4.56. The van der Waals surface area contributed by atoms with E-state index in [1.54, 1.807) is 0 Å². The molecule has 3 aliphatic heterocycles. The van der Waals surface area contributed by atoms with E-state index in [4.69, 9.17) is 4.74 Å². The monoisotopic (exact) mass is 428 g/mol. The molecule has 0 unspecified atom stereocenters. The zero-order valence-electron chi connectivity index (χ0n) is 18.3. The average Bonchev–Trinajstić information content (AvgIpc) is 2.82. The van der Waals surface area contributed by atoms with E-state index in [2.05, 4.69) is 62.8 Å². The third kappa shape index (κ3) is 4.18. The second kappa shape index (κ2) is 9.01. The minimum absolute atomic E-state index is 0.0986. The van der Waals surface area contributed by atoms with Crippen LogP contribution < -0.4 is 15.1 Å². The molecule has 3 heterocycles. The Morgan fingerprint density at radius 1 is 1.09 bits per heavy atom. The summed E-state index contributed by atoms with van der Waals surface area (Å²) >= 11 is 0. The van der Waals surface area contributed by atoms with Crippen molar-refractivity contribution in [1.29, 1.82) is 0 Å². The molecule has 2 bridgehead atoms. The van der Waals surface area contributed by atoms with Crippen LogP contribution in [0, 0.1) is 5.92 Å². The lowest BCUT2D eigenvalue weighted by Gasteiger charge is -2.36. The van der Waals surface area contributed by atoms with Crippen LogP contribution in [-0.4, -0.2) is 49.3 Å². The summed E-state index contributed by atoms with van der Waals surface area (Å²) in [5.74, 6) is 0.565. The summed E-state index contributed by atoms with van der Waals surface area (Å²) in [7, 11) is 0. The van der Waals surface area contributed by atoms with Gasteiger partial charge in [0.25, 0.3) is 5.91 Å². The number of benzene rings is 2. The number of allylic oxidation sites excluding steroid dienone is 2. The Bertz CT molecular complexity index is 1080. The molecule has 1 N–H and O–H groups in total. The highest BCUT2D eigenvalue weighted by Gasteiger charge is 2.29. The van der Waals surface area contributed by atoms with Gasteiger partial charge in [0.15, 0.2) is 0 Å². The molecule has 0 spiro atoms. The van der Waals surface area contributed by atoms with Crippen molar-refractivity contribution < 1.29 is 9.53 Å². The second-order valence-corrected chi connectivity index (χ2v) is 8.45. The zero-order valence-corrected chi connectivity index (χ0v) is 18.3. The Kier molecular flexibility index (Phi) is 5.77. The van der Waals surface area contributed by atoms with Gasteiger partial charge in [0.05, 0.1) is 5.71 Å². The maximum Gasteiger partial charge on any atom is 0.267 e. The number of rotatable bonds is 3. The maximum atomic E-state index is 12.3. The number of nitrogens with zero attached hydrogens (tertiary/aromatic N) is 3. The average molecular weight is 429 g/mol. The number of anilines is 1. The molecule has 3 aliphatic rings. The molecular formula is C26H28N4O2. The number of nitrogens with one attached hydrogen (secondary N) is 1. The number of fused-ring (bicyclic) bond motifs is 4. The Labute approximate surface area is 188 Å². The number of piperazine rings is 1. The van der Waals surface area contributed by atoms with E-state index in [1.165, 1.54) is 11.3 Å². The number of ether oxygens (including phenoxy) is 1. The summed E-state index contributed by atoms with van der Waals surface area (Å²) < 4.78 is 6.01. The zero-order chi connectivity index (χ0) is 21.9. The summed E-state index contributed by atoms with van der Waals surface area (Å²) in [4.78, 5) is 17.2. The smallest absolute Gasteiger partial charge is 0.267 e. The number of para-hydroxylation sites is 1. The molecular weight excluding hydrogens is 400 g/mol. The predicted octanol–water partition coefficient (Wildman–Crippen LogP) is 3.35. The highest BCUT2D eigenvalue weighted by atomic mass is 16.5. The van der Waals surface area contributed by atoms with Crippen LogP contribution in [0.25, 0.3) is 0 Å². The molecule has 0 aromatic heterocycles. The van der Waals surface area contributed by atoms with E-state index in [0.717, 1.165) is 55.3 Å². The quantitative estimate of drug-likeness (QED) is 0.815. The number of hydrogen-bond donors (Lipinski definition) is 1. The van der Waals surface area contributed by atoms with Crippen molar-refractivity contribution in [2.45, 2.75) is 13.5 Å². The first-order valence-corrected chi connectivity index (χ1v) is 11.2. The van der Waals surface area contributed by atoms with Crippen LogP contribution in [0.2, 0.25) is 0 Å². The SMILES string of the molecule is C[C@H]1C2=C/C=C\COc3ccc(CN4CCN(c5ccccc5)CC4)cc3C1=NNC2=O. The lowest BCUT2D eigenvalue weighted by molar-refractivity contribution is -0.118. The van der Waals surface area contributed by atoms with Gasteiger partial charge < -0.3 is 9.64 Å². The number of carbonyl (C=O) groups is 1. The summed E-state index contributed by atoms with van der Waals surface area (Å²) in [6, 6.07) is 17.0. The summed E-state index contributed by atoms with van der Waals surface area (Å²) in [5.41, 5.74) is 7.71. The molecule has 1 atom stereocenters. The van der Waals surface area contributed by atoms with Crippen molar-refractivity contribution in [2.75, 3.05) is 37.7 Å². The van der Waals surface area contributed by atoms with Gasteiger partial charge >= 0.3 is 0 Å². The molecule has 6 heteroatoms. The van der Waals surface area contributed by atoms with Crippen molar-refractivity contribution in [3.8, 4) is 5.75 Å². The van der Waals surface area contributed by atoms with E-state index in [9.17, 15) is 4.79 Å². The van der Waals surface area contributed by atoms with Gasteiger partial charge in [-0.3, -0.25) is 9.69 Å². The van der Waals surface area contributed by atoms with Gasteiger partial charge in [0.1, 0.15) is 12.4 Å². The lowest BCUT2D eigenvalue weighted by Crippen LogP contribution is -2.46. The maximum absolute atomic E-state index is 12.3. The Hall–Kier alpha value is -3.38. The predicted molar refractivity (Wildman–Crippen MR) is 127 cm³/mol. The first-order chi connectivity index (χ1) is 15.7. The Balaban J connectivity index is 1.35. The molecule has 32 heavy (non-hydrogen) atoms. The van der Waals surface area contributed by atoms with Crippen molar-refractivity contribution in [3.63, 3.8) is 0 Å². The van der Waals surface area contributed by atoms with E-state index >= 15 is 0 Å². The minimum Gasteiger partial charge on any atom is -0.489 e. The third-order valence-electron chi connectivity index (χ3n) is 6.38. The number of carbonyl (C=O) groups excluding carboxylic acids is 1. The normalized spacial score (nSPS) is 22.1. The van der Waals surface area contributed by atoms with Crippen molar-refractivity contribution >= 4 is 17.3 Å². The molecule has 5 rings (SSSR count). The second-order valence-electron chi connectivity index (χ2n) is 8.45. The fourth-order valence-electron chi connectivity index (χ4n) is 4.56. The van der Waals surface area contributed by atoms with Gasteiger partial charge in [-0.25, -0.2) is 5.43 Å². The van der Waals surface area contributed by atoms with Crippen molar-refractivity contribution in [1.82, 2.24) is 10.3 Å². The van der Waals surface area contributed by atoms with Crippen LogP contribution in [0.5, 0.6) is 5.75 Å². The Morgan fingerprint density at radius 2 is 1.91 bits per heavy atom. The van der Waals surface area contributed by atoms with Crippen LogP contribution in [0.4, 0.5) is 5.69 Å². The van der Waals surface area contributed by atoms with Gasteiger partial charge in [0, 0.05) is 55.5 Å². The molecule has 164 valence electrons. The molecule has 6 nitrogen and oxygen atoms in total. The van der Waals surface area contributed by atoms with Crippen molar-refractivity contribution in [3.05, 3.63) is 83.5 Å². The van der Waals surface area contributed by atoms with Crippen LogP contribution in [0.3, 0.4) is 0 Å². The van der Waals surface area contributed by atoms with Gasteiger partial charge in [-0.1, -0.05) is 43.3 Å². The standard InChI is InChI=1S/C26H28N4O2/c1-19-22-9-5-6-16-32-24-11-10-20(17-23(24)25(19)27-28-26(22)31)18-29-12-14-30(15-13-29)21-7-3-2-4-8-21/h2-11,17,19H,12-16,18H2,1H3,(H,28,31)/b6-5-,22-9?/t19-/m0/s1. The van der Waals surface area contributed by atoms with E-state index in [0.29, 0.717) is 6.61 Å². The molecule has 2 aromatic carbocycles. The number of hydrazone groups is 1. The largest absolute Gasteiger partial charge is 0.489 e. The first-order valence-electron chi connectivity index (χ1n) is 11.2. The van der Waals surface area contributed by atoms with Gasteiger partial charge in [-0.2, -0.15) is 5.10 Å². The molecule has 1 saturated heterocycles. The summed E-state index contributed by atoms with van der Waals surface area (Å²) in [5, 5.41) is 4.41. The van der Waals surface area contributed by atoms with Gasteiger partial charge in [-0.15, -0.1) is 0 Å². The van der Waals surface area contributed by atoms with Crippen LogP contribution >= 0.6 is 0 Å². The highest BCUT2D eigenvalue weighted by Crippen LogP contribution is 2.30. The van der Waals surface area contributed by atoms with E-state index in [1.807, 2.05) is 31.2 Å².